The second-order valence-corrected chi connectivity index (χ2v) is 6.19. The molecule has 0 saturated carbocycles. The van der Waals surface area contributed by atoms with Gasteiger partial charge in [0, 0.05) is 25.1 Å². The summed E-state index contributed by atoms with van der Waals surface area (Å²) >= 11 is 18.5. The molecule has 0 atom stereocenters. The van der Waals surface area contributed by atoms with Crippen LogP contribution in [0.1, 0.15) is 15.9 Å². The van der Waals surface area contributed by atoms with Gasteiger partial charge >= 0.3 is 0 Å². The number of hydrogen-bond acceptors (Lipinski definition) is 1. The second-order valence-electron chi connectivity index (χ2n) is 3.58. The summed E-state index contributed by atoms with van der Waals surface area (Å²) in [7, 11) is 0. The predicted molar refractivity (Wildman–Crippen MR) is 81.7 cm³/mol. The number of benzene rings is 2. The largest absolute Gasteiger partial charge is 0.289 e. The first-order valence-corrected chi connectivity index (χ1v) is 7.28. The molecule has 0 radical (unpaired) electrons. The molecule has 18 heavy (non-hydrogen) atoms. The van der Waals surface area contributed by atoms with Crippen molar-refractivity contribution in [2.24, 2.45) is 0 Å². The molecule has 0 aliphatic heterocycles. The summed E-state index contributed by atoms with van der Waals surface area (Å²) in [6.07, 6.45) is 0. The fourth-order valence-corrected chi connectivity index (χ4v) is 2.77. The van der Waals surface area contributed by atoms with E-state index in [2.05, 4.69) is 31.9 Å². The second kappa shape index (κ2) is 5.74. The summed E-state index contributed by atoms with van der Waals surface area (Å²) in [5.41, 5.74) is 0.980. The Bertz CT molecular complexity index is 626. The van der Waals surface area contributed by atoms with Crippen molar-refractivity contribution < 1.29 is 4.79 Å². The Kier molecular flexibility index (Phi) is 4.49. The van der Waals surface area contributed by atoms with Gasteiger partial charge in [-0.3, -0.25) is 4.79 Å². The number of rotatable bonds is 2. The van der Waals surface area contributed by atoms with Gasteiger partial charge in [0.05, 0.1) is 5.02 Å². The van der Waals surface area contributed by atoms with Crippen LogP contribution in [-0.4, -0.2) is 5.78 Å². The van der Waals surface area contributed by atoms with Crippen molar-refractivity contribution in [3.05, 3.63) is 66.5 Å². The Morgan fingerprint density at radius 2 is 1.67 bits per heavy atom. The van der Waals surface area contributed by atoms with E-state index in [9.17, 15) is 4.79 Å². The molecule has 0 N–H and O–H groups in total. The zero-order valence-corrected chi connectivity index (χ0v) is 13.6. The maximum absolute atomic E-state index is 12.4. The molecule has 5 heteroatoms. The van der Waals surface area contributed by atoms with Crippen LogP contribution >= 0.6 is 55.1 Å². The quantitative estimate of drug-likeness (QED) is 0.578. The van der Waals surface area contributed by atoms with Gasteiger partial charge in [0.1, 0.15) is 0 Å². The van der Waals surface area contributed by atoms with Crippen LogP contribution in [0.25, 0.3) is 0 Å². The summed E-state index contributed by atoms with van der Waals surface area (Å²) in [5, 5.41) is 0.851. The van der Waals surface area contributed by atoms with Crippen molar-refractivity contribution >= 4 is 60.8 Å². The van der Waals surface area contributed by atoms with E-state index in [4.69, 9.17) is 23.2 Å². The van der Waals surface area contributed by atoms with Gasteiger partial charge in [0.25, 0.3) is 0 Å². The highest BCUT2D eigenvalue weighted by molar-refractivity contribution is 9.11. The van der Waals surface area contributed by atoms with Crippen LogP contribution in [0.15, 0.2) is 45.3 Å². The van der Waals surface area contributed by atoms with Gasteiger partial charge in [-0.15, -0.1) is 0 Å². The van der Waals surface area contributed by atoms with Gasteiger partial charge in [-0.1, -0.05) is 55.1 Å². The fraction of sp³-hybridized carbons (Fsp3) is 0. The van der Waals surface area contributed by atoms with Crippen molar-refractivity contribution in [2.75, 3.05) is 0 Å². The van der Waals surface area contributed by atoms with Crippen molar-refractivity contribution in [2.45, 2.75) is 0 Å². The van der Waals surface area contributed by atoms with E-state index in [0.717, 1.165) is 8.95 Å². The molecule has 0 unspecified atom stereocenters. The third kappa shape index (κ3) is 2.97. The smallest absolute Gasteiger partial charge is 0.195 e. The zero-order chi connectivity index (χ0) is 13.3. The summed E-state index contributed by atoms with van der Waals surface area (Å²) in [4.78, 5) is 12.4. The Balaban J connectivity index is 2.51. The maximum atomic E-state index is 12.4. The third-order valence-corrected chi connectivity index (χ3v) is 4.08. The van der Waals surface area contributed by atoms with Gasteiger partial charge in [0.15, 0.2) is 5.78 Å². The van der Waals surface area contributed by atoms with E-state index in [1.165, 1.54) is 0 Å². The van der Waals surface area contributed by atoms with E-state index in [1.54, 1.807) is 30.3 Å². The van der Waals surface area contributed by atoms with Crippen LogP contribution in [0.4, 0.5) is 0 Å². The molecule has 0 heterocycles. The minimum absolute atomic E-state index is 0.148. The van der Waals surface area contributed by atoms with Crippen LogP contribution < -0.4 is 0 Å². The SMILES string of the molecule is O=C(c1ccc(Cl)cc1Cl)c1cc(Br)ccc1Br. The molecule has 0 aliphatic rings. The fourth-order valence-electron chi connectivity index (χ4n) is 1.49. The highest BCUT2D eigenvalue weighted by atomic mass is 79.9. The number of halogens is 4. The molecule has 0 amide bonds. The maximum Gasteiger partial charge on any atom is 0.195 e. The van der Waals surface area contributed by atoms with E-state index >= 15 is 0 Å². The lowest BCUT2D eigenvalue weighted by molar-refractivity contribution is 0.103. The monoisotopic (exact) mass is 406 g/mol. The predicted octanol–water partition coefficient (Wildman–Crippen LogP) is 5.75. The van der Waals surface area contributed by atoms with Gasteiger partial charge < -0.3 is 0 Å². The molecule has 2 aromatic rings. The molecule has 2 aromatic carbocycles. The Hall–Kier alpha value is -0.350. The highest BCUT2D eigenvalue weighted by Gasteiger charge is 2.16. The molecule has 1 nitrogen and oxygen atoms in total. The van der Waals surface area contributed by atoms with Gasteiger partial charge in [-0.25, -0.2) is 0 Å². The number of hydrogen-bond donors (Lipinski definition) is 0. The average molecular weight is 409 g/mol. The molecule has 0 bridgehead atoms. The number of ketones is 1. The van der Waals surface area contributed by atoms with Crippen molar-refractivity contribution in [3.8, 4) is 0 Å². The zero-order valence-electron chi connectivity index (χ0n) is 8.88. The Labute approximate surface area is 131 Å². The summed E-state index contributed by atoms with van der Waals surface area (Å²) in [6.45, 7) is 0. The topological polar surface area (TPSA) is 17.1 Å². The van der Waals surface area contributed by atoms with E-state index < -0.39 is 0 Å². The Morgan fingerprint density at radius 1 is 0.944 bits per heavy atom. The molecule has 2 rings (SSSR count). The van der Waals surface area contributed by atoms with Crippen LogP contribution in [0.5, 0.6) is 0 Å². The van der Waals surface area contributed by atoms with Crippen LogP contribution in [0, 0.1) is 0 Å². The van der Waals surface area contributed by atoms with E-state index in [0.29, 0.717) is 21.2 Å². The van der Waals surface area contributed by atoms with Crippen LogP contribution in [-0.2, 0) is 0 Å². The number of carbonyl (C=O) groups excluding carboxylic acids is 1. The van der Waals surface area contributed by atoms with Crippen LogP contribution in [0.3, 0.4) is 0 Å². The Morgan fingerprint density at radius 3 is 2.33 bits per heavy atom. The summed E-state index contributed by atoms with van der Waals surface area (Å²) < 4.78 is 1.56. The molecule has 0 saturated heterocycles. The van der Waals surface area contributed by atoms with Gasteiger partial charge in [-0.05, 0) is 36.4 Å². The summed E-state index contributed by atoms with van der Waals surface area (Å²) in [6, 6.07) is 10.2. The van der Waals surface area contributed by atoms with Crippen molar-refractivity contribution in [3.63, 3.8) is 0 Å². The molecule has 0 aliphatic carbocycles. The summed E-state index contributed by atoms with van der Waals surface area (Å²) in [5.74, 6) is -0.148. The average Bonchev–Trinajstić information content (AvgIpc) is 2.31. The molecule has 0 spiro atoms. The van der Waals surface area contributed by atoms with E-state index in [1.807, 2.05) is 6.07 Å². The number of carbonyl (C=O) groups is 1. The molecule has 0 fully saturated rings. The van der Waals surface area contributed by atoms with Crippen LogP contribution in [0.2, 0.25) is 10.0 Å². The minimum atomic E-state index is -0.148. The first-order valence-electron chi connectivity index (χ1n) is 4.94. The lowest BCUT2D eigenvalue weighted by Gasteiger charge is -2.06. The standard InChI is InChI=1S/C13H6Br2Cl2O/c14-7-1-4-11(15)10(5-7)13(18)9-3-2-8(16)6-12(9)17/h1-6H. The van der Waals surface area contributed by atoms with E-state index in [-0.39, 0.29) is 5.78 Å². The minimum Gasteiger partial charge on any atom is -0.289 e. The molecular formula is C13H6Br2Cl2O. The van der Waals surface area contributed by atoms with Crippen molar-refractivity contribution in [1.82, 2.24) is 0 Å². The third-order valence-electron chi connectivity index (χ3n) is 2.35. The molecule has 0 aromatic heterocycles. The first kappa shape index (κ1) is 14.1. The highest BCUT2D eigenvalue weighted by Crippen LogP contribution is 2.28. The van der Waals surface area contributed by atoms with Gasteiger partial charge in [0.2, 0.25) is 0 Å². The molecule has 92 valence electrons. The first-order chi connectivity index (χ1) is 8.49. The lowest BCUT2D eigenvalue weighted by atomic mass is 10.0. The normalized spacial score (nSPS) is 10.4. The van der Waals surface area contributed by atoms with Crippen molar-refractivity contribution in [1.29, 1.82) is 0 Å². The molecular weight excluding hydrogens is 403 g/mol. The lowest BCUT2D eigenvalue weighted by Crippen LogP contribution is -2.03. The van der Waals surface area contributed by atoms with Gasteiger partial charge in [-0.2, -0.15) is 0 Å².